The van der Waals surface area contributed by atoms with E-state index in [1.807, 2.05) is 24.3 Å². The number of para-hydroxylation sites is 2. The second kappa shape index (κ2) is 9.79. The number of hydrogen-bond acceptors (Lipinski definition) is 5. The fourth-order valence-electron chi connectivity index (χ4n) is 2.91. The van der Waals surface area contributed by atoms with Crippen LogP contribution in [0.15, 0.2) is 34.6 Å². The quantitative estimate of drug-likeness (QED) is 0.393. The second-order valence-corrected chi connectivity index (χ2v) is 7.40. The summed E-state index contributed by atoms with van der Waals surface area (Å²) in [5.41, 5.74) is -0.0952. The van der Waals surface area contributed by atoms with E-state index >= 15 is 0 Å². The van der Waals surface area contributed by atoms with Crippen molar-refractivity contribution in [1.82, 2.24) is 15.6 Å². The molecule has 1 aromatic carbocycles. The van der Waals surface area contributed by atoms with Crippen molar-refractivity contribution >= 4 is 28.9 Å². The Morgan fingerprint density at radius 3 is 2.80 bits per heavy atom. The van der Waals surface area contributed by atoms with Crippen LogP contribution < -0.4 is 20.3 Å². The van der Waals surface area contributed by atoms with Gasteiger partial charge in [-0.15, -0.1) is 11.3 Å². The van der Waals surface area contributed by atoms with Crippen LogP contribution in [-0.2, 0) is 17.4 Å². The number of anilines is 1. The summed E-state index contributed by atoms with van der Waals surface area (Å²) in [4.78, 5) is 21.6. The van der Waals surface area contributed by atoms with Crippen molar-refractivity contribution in [2.24, 2.45) is 4.99 Å². The molecule has 0 bridgehead atoms. The zero-order valence-corrected chi connectivity index (χ0v) is 17.1. The van der Waals surface area contributed by atoms with Crippen LogP contribution in [0.2, 0.25) is 0 Å². The van der Waals surface area contributed by atoms with Crippen LogP contribution in [0.1, 0.15) is 17.1 Å². The van der Waals surface area contributed by atoms with Gasteiger partial charge in [0.05, 0.1) is 10.7 Å². The number of aliphatic imine (C=N–C) groups is 1. The summed E-state index contributed by atoms with van der Waals surface area (Å²) in [5.74, 6) is 1.15. The van der Waals surface area contributed by atoms with Crippen LogP contribution in [0.5, 0.6) is 5.75 Å². The highest BCUT2D eigenvalue weighted by Crippen LogP contribution is 2.31. The van der Waals surface area contributed by atoms with Crippen LogP contribution in [0.25, 0.3) is 0 Å². The van der Waals surface area contributed by atoms with Gasteiger partial charge in [-0.05, 0) is 18.6 Å². The molecule has 0 saturated heterocycles. The van der Waals surface area contributed by atoms with Crippen LogP contribution in [0.3, 0.4) is 0 Å². The number of halogens is 3. The van der Waals surface area contributed by atoms with Crippen molar-refractivity contribution in [3.63, 3.8) is 0 Å². The van der Waals surface area contributed by atoms with Crippen molar-refractivity contribution in [3.05, 3.63) is 40.3 Å². The number of nitrogens with one attached hydrogen (secondary N) is 2. The van der Waals surface area contributed by atoms with Crippen molar-refractivity contribution in [1.29, 1.82) is 0 Å². The third-order valence-electron chi connectivity index (χ3n) is 4.36. The number of rotatable bonds is 7. The van der Waals surface area contributed by atoms with Crippen LogP contribution >= 0.6 is 11.3 Å². The van der Waals surface area contributed by atoms with E-state index < -0.39 is 11.9 Å². The highest BCUT2D eigenvalue weighted by atomic mass is 32.1. The molecular formula is C19H22F3N5O2S. The molecule has 0 saturated carbocycles. The predicted octanol–water partition coefficient (Wildman–Crippen LogP) is 2.69. The van der Waals surface area contributed by atoms with E-state index in [9.17, 15) is 18.0 Å². The Bertz CT molecular complexity index is 900. The number of fused-ring (bicyclic) bond motifs is 1. The van der Waals surface area contributed by atoms with Gasteiger partial charge in [0, 0.05) is 38.5 Å². The normalized spacial score (nSPS) is 14.3. The van der Waals surface area contributed by atoms with Gasteiger partial charge in [0.25, 0.3) is 5.91 Å². The molecule has 2 heterocycles. The number of hydrogen-bond donors (Lipinski definition) is 2. The van der Waals surface area contributed by atoms with Gasteiger partial charge < -0.3 is 20.3 Å². The van der Waals surface area contributed by atoms with Crippen molar-refractivity contribution in [2.45, 2.75) is 19.0 Å². The summed E-state index contributed by atoms with van der Waals surface area (Å²) in [6, 6.07) is 7.40. The molecular weight excluding hydrogens is 419 g/mol. The van der Waals surface area contributed by atoms with E-state index in [-0.39, 0.29) is 12.5 Å². The summed E-state index contributed by atoms with van der Waals surface area (Å²) in [6.45, 7) is 1.53. The number of aromatic nitrogens is 1. The molecule has 11 heteroatoms. The van der Waals surface area contributed by atoms with Crippen LogP contribution in [0.4, 0.5) is 18.9 Å². The Labute approximate surface area is 176 Å². The largest absolute Gasteiger partial charge is 0.482 e. The maximum Gasteiger partial charge on any atom is 0.434 e. The molecule has 0 atom stereocenters. The number of ether oxygens (including phenoxy) is 1. The van der Waals surface area contributed by atoms with Crippen molar-refractivity contribution in [3.8, 4) is 5.75 Å². The molecule has 0 unspecified atom stereocenters. The lowest BCUT2D eigenvalue weighted by molar-refractivity contribution is -0.140. The number of carbonyl (C=O) groups excluding carboxylic acids is 1. The topological polar surface area (TPSA) is 78.9 Å². The predicted molar refractivity (Wildman–Crippen MR) is 109 cm³/mol. The molecule has 30 heavy (non-hydrogen) atoms. The standard InChI is InChI=1S/C19H22F3N5O2S/c1-23-18(25-9-7-16-26-15(12-30-16)19(20,21)22)24-8-4-10-27-13-5-2-3-6-14(13)29-11-17(27)28/h2-3,5-6,12H,4,7-11H2,1H3,(H2,23,24,25). The maximum atomic E-state index is 12.6. The van der Waals surface area contributed by atoms with Gasteiger partial charge >= 0.3 is 6.18 Å². The minimum Gasteiger partial charge on any atom is -0.482 e. The Morgan fingerprint density at radius 1 is 1.30 bits per heavy atom. The zero-order valence-electron chi connectivity index (χ0n) is 16.3. The molecule has 7 nitrogen and oxygen atoms in total. The lowest BCUT2D eigenvalue weighted by Gasteiger charge is -2.29. The highest BCUT2D eigenvalue weighted by Gasteiger charge is 2.33. The first kappa shape index (κ1) is 21.9. The monoisotopic (exact) mass is 441 g/mol. The van der Waals surface area contributed by atoms with Crippen LogP contribution in [0, 0.1) is 0 Å². The van der Waals surface area contributed by atoms with E-state index in [0.29, 0.717) is 49.2 Å². The first-order valence-electron chi connectivity index (χ1n) is 9.37. The SMILES string of the molecule is CN=C(NCCCN1C(=O)COc2ccccc21)NCCc1nc(C(F)(F)F)cs1. The third-order valence-corrected chi connectivity index (χ3v) is 5.26. The number of amides is 1. The van der Waals surface area contributed by atoms with Crippen LogP contribution in [-0.4, -0.2) is 50.1 Å². The number of carbonyl (C=O) groups is 1. The minimum atomic E-state index is -4.41. The molecule has 2 aromatic rings. The summed E-state index contributed by atoms with van der Waals surface area (Å²) >= 11 is 0.989. The fraction of sp³-hybridized carbons (Fsp3) is 0.421. The van der Waals surface area contributed by atoms with E-state index in [4.69, 9.17) is 4.74 Å². The number of alkyl halides is 3. The molecule has 0 aliphatic carbocycles. The summed E-state index contributed by atoms with van der Waals surface area (Å²) in [6.07, 6.45) is -3.37. The van der Waals surface area contributed by atoms with Gasteiger partial charge in [-0.3, -0.25) is 9.79 Å². The second-order valence-electron chi connectivity index (χ2n) is 6.46. The number of thiazole rings is 1. The lowest BCUT2D eigenvalue weighted by Crippen LogP contribution is -2.42. The molecule has 1 aliphatic rings. The van der Waals surface area contributed by atoms with E-state index in [1.165, 1.54) is 0 Å². The number of nitrogens with zero attached hydrogens (tertiary/aromatic N) is 3. The number of benzene rings is 1. The first-order valence-corrected chi connectivity index (χ1v) is 10.2. The fourth-order valence-corrected chi connectivity index (χ4v) is 3.71. The van der Waals surface area contributed by atoms with Gasteiger partial charge in [-0.2, -0.15) is 13.2 Å². The third kappa shape index (κ3) is 5.62. The Morgan fingerprint density at radius 2 is 2.07 bits per heavy atom. The van der Waals surface area contributed by atoms with Gasteiger partial charge in [0.1, 0.15) is 5.75 Å². The molecule has 1 amide bonds. The summed E-state index contributed by atoms with van der Waals surface area (Å²) < 4.78 is 43.2. The van der Waals surface area contributed by atoms with E-state index in [0.717, 1.165) is 22.4 Å². The average Bonchev–Trinajstić information content (AvgIpc) is 3.20. The van der Waals surface area contributed by atoms with Gasteiger partial charge in [0.2, 0.25) is 0 Å². The first-order chi connectivity index (χ1) is 14.4. The lowest BCUT2D eigenvalue weighted by atomic mass is 10.2. The van der Waals surface area contributed by atoms with E-state index in [1.54, 1.807) is 11.9 Å². The molecule has 0 fully saturated rings. The van der Waals surface area contributed by atoms with Crippen molar-refractivity contribution in [2.75, 3.05) is 38.2 Å². The molecule has 3 rings (SSSR count). The maximum absolute atomic E-state index is 12.6. The zero-order chi connectivity index (χ0) is 21.6. The summed E-state index contributed by atoms with van der Waals surface area (Å²) in [5, 5.41) is 7.62. The average molecular weight is 441 g/mol. The molecule has 1 aromatic heterocycles. The molecule has 0 spiro atoms. The summed E-state index contributed by atoms with van der Waals surface area (Å²) in [7, 11) is 1.61. The van der Waals surface area contributed by atoms with Gasteiger partial charge in [0.15, 0.2) is 18.3 Å². The minimum absolute atomic E-state index is 0.0282. The Balaban J connectivity index is 1.40. The number of guanidine groups is 1. The highest BCUT2D eigenvalue weighted by molar-refractivity contribution is 7.09. The van der Waals surface area contributed by atoms with E-state index in [2.05, 4.69) is 20.6 Å². The molecule has 2 N–H and O–H groups in total. The molecule has 0 radical (unpaired) electrons. The Kier molecular flexibility index (Phi) is 7.14. The van der Waals surface area contributed by atoms with Gasteiger partial charge in [-0.25, -0.2) is 4.98 Å². The molecule has 1 aliphatic heterocycles. The Hall–Kier alpha value is -2.82. The molecule has 162 valence electrons. The van der Waals surface area contributed by atoms with Gasteiger partial charge in [-0.1, -0.05) is 12.1 Å². The van der Waals surface area contributed by atoms with Crippen molar-refractivity contribution < 1.29 is 22.7 Å². The smallest absolute Gasteiger partial charge is 0.434 e.